The van der Waals surface area contributed by atoms with Crippen LogP contribution in [0.4, 0.5) is 0 Å². The zero-order valence-corrected chi connectivity index (χ0v) is 13.3. The van der Waals surface area contributed by atoms with Crippen LogP contribution in [0.15, 0.2) is 24.3 Å². The molecule has 0 saturated heterocycles. The maximum Gasteiger partial charge on any atom is 0.119 e. The third-order valence-electron chi connectivity index (χ3n) is 2.97. The fourth-order valence-corrected chi connectivity index (χ4v) is 1.78. The van der Waals surface area contributed by atoms with Gasteiger partial charge in [0.05, 0.1) is 6.61 Å². The molecule has 1 N–H and O–H groups in total. The van der Waals surface area contributed by atoms with Crippen LogP contribution in [0.25, 0.3) is 0 Å². The maximum absolute atomic E-state index is 5.75. The normalized spacial score (nSPS) is 12.5. The van der Waals surface area contributed by atoms with Gasteiger partial charge in [-0.2, -0.15) is 0 Å². The van der Waals surface area contributed by atoms with Gasteiger partial charge >= 0.3 is 0 Å². The lowest BCUT2D eigenvalue weighted by Crippen LogP contribution is -2.36. The van der Waals surface area contributed by atoms with Gasteiger partial charge in [0, 0.05) is 5.54 Å². The molecule has 1 aromatic carbocycles. The van der Waals surface area contributed by atoms with Crippen LogP contribution in [0.3, 0.4) is 0 Å². The van der Waals surface area contributed by atoms with Gasteiger partial charge in [0.1, 0.15) is 5.75 Å². The fourth-order valence-electron chi connectivity index (χ4n) is 1.78. The molecule has 0 aliphatic rings. The molecule has 19 heavy (non-hydrogen) atoms. The van der Waals surface area contributed by atoms with Crippen molar-refractivity contribution < 1.29 is 4.74 Å². The molecule has 0 aliphatic carbocycles. The van der Waals surface area contributed by atoms with Gasteiger partial charge in [-0.1, -0.05) is 32.9 Å². The van der Waals surface area contributed by atoms with Crippen LogP contribution in [-0.4, -0.2) is 18.7 Å². The summed E-state index contributed by atoms with van der Waals surface area (Å²) < 4.78 is 5.75. The Morgan fingerprint density at radius 3 is 2.00 bits per heavy atom. The van der Waals surface area contributed by atoms with Gasteiger partial charge in [0.25, 0.3) is 0 Å². The molecule has 0 fully saturated rings. The van der Waals surface area contributed by atoms with E-state index in [1.165, 1.54) is 5.56 Å². The van der Waals surface area contributed by atoms with Crippen molar-refractivity contribution >= 4 is 0 Å². The van der Waals surface area contributed by atoms with Gasteiger partial charge in [-0.15, -0.1) is 0 Å². The molecule has 0 spiro atoms. The summed E-state index contributed by atoms with van der Waals surface area (Å²) in [6, 6.07) is 8.45. The molecule has 1 rings (SSSR count). The summed E-state index contributed by atoms with van der Waals surface area (Å²) in [6.45, 7) is 15.0. The molecular formula is C17H29NO. The smallest absolute Gasteiger partial charge is 0.119 e. The molecule has 1 aromatic rings. The predicted octanol–water partition coefficient (Wildman–Crippen LogP) is 4.14. The van der Waals surface area contributed by atoms with Crippen molar-refractivity contribution in [2.45, 2.75) is 58.9 Å². The number of ether oxygens (including phenoxy) is 1. The molecule has 0 heterocycles. The summed E-state index contributed by atoms with van der Waals surface area (Å²) in [5.74, 6) is 0.962. The zero-order valence-electron chi connectivity index (χ0n) is 13.3. The number of benzene rings is 1. The average molecular weight is 263 g/mol. The summed E-state index contributed by atoms with van der Waals surface area (Å²) in [7, 11) is 0. The quantitative estimate of drug-likeness (QED) is 0.806. The van der Waals surface area contributed by atoms with Gasteiger partial charge in [0.15, 0.2) is 0 Å². The van der Waals surface area contributed by atoms with E-state index in [0.29, 0.717) is 0 Å². The molecule has 0 unspecified atom stereocenters. The van der Waals surface area contributed by atoms with Crippen molar-refractivity contribution in [3.63, 3.8) is 0 Å². The molecule has 0 aliphatic heterocycles. The lowest BCUT2D eigenvalue weighted by atomic mass is 9.87. The van der Waals surface area contributed by atoms with E-state index in [-0.39, 0.29) is 11.0 Å². The van der Waals surface area contributed by atoms with Crippen LogP contribution in [0.2, 0.25) is 0 Å². The summed E-state index contributed by atoms with van der Waals surface area (Å²) in [5.41, 5.74) is 1.73. The number of nitrogens with one attached hydrogen (secondary N) is 1. The second kappa shape index (κ2) is 6.42. The van der Waals surface area contributed by atoms with Crippen LogP contribution in [0, 0.1) is 0 Å². The highest BCUT2D eigenvalue weighted by Crippen LogP contribution is 2.24. The summed E-state index contributed by atoms with van der Waals surface area (Å²) in [5, 5.41) is 3.46. The van der Waals surface area contributed by atoms with Gasteiger partial charge in [-0.25, -0.2) is 0 Å². The van der Waals surface area contributed by atoms with Crippen molar-refractivity contribution in [3.05, 3.63) is 29.8 Å². The number of hydrogen-bond acceptors (Lipinski definition) is 2. The van der Waals surface area contributed by atoms with Crippen molar-refractivity contribution in [2.24, 2.45) is 0 Å². The second-order valence-corrected chi connectivity index (χ2v) is 7.15. The van der Waals surface area contributed by atoms with E-state index in [0.717, 1.165) is 25.3 Å². The van der Waals surface area contributed by atoms with Crippen LogP contribution in [-0.2, 0) is 5.41 Å². The average Bonchev–Trinajstić information content (AvgIpc) is 2.26. The Balaban J connectivity index is 2.31. The van der Waals surface area contributed by atoms with E-state index in [1.54, 1.807) is 0 Å². The Morgan fingerprint density at radius 2 is 1.53 bits per heavy atom. The molecule has 0 bridgehead atoms. The molecule has 0 atom stereocenters. The van der Waals surface area contributed by atoms with E-state index in [1.807, 2.05) is 0 Å². The molecule has 2 nitrogen and oxygen atoms in total. The number of hydrogen-bond donors (Lipinski definition) is 1. The predicted molar refractivity (Wildman–Crippen MR) is 83.0 cm³/mol. The van der Waals surface area contributed by atoms with Crippen LogP contribution in [0.1, 0.15) is 53.5 Å². The zero-order chi connectivity index (χ0) is 14.5. The molecule has 108 valence electrons. The highest BCUT2D eigenvalue weighted by atomic mass is 16.5. The molecule has 0 aromatic heterocycles. The SMILES string of the molecule is CC(C)(C)NCCCOc1ccc(C(C)(C)C)cc1. The highest BCUT2D eigenvalue weighted by molar-refractivity contribution is 5.31. The largest absolute Gasteiger partial charge is 0.494 e. The lowest BCUT2D eigenvalue weighted by Gasteiger charge is -2.20. The Kier molecular flexibility index (Phi) is 5.42. The second-order valence-electron chi connectivity index (χ2n) is 7.15. The Bertz CT molecular complexity index is 368. The minimum absolute atomic E-state index is 0.189. The maximum atomic E-state index is 5.75. The van der Waals surface area contributed by atoms with Gasteiger partial charge < -0.3 is 10.1 Å². The molecule has 2 heteroatoms. The fraction of sp³-hybridized carbons (Fsp3) is 0.647. The van der Waals surface area contributed by atoms with E-state index in [2.05, 4.69) is 71.1 Å². The molecule has 0 saturated carbocycles. The van der Waals surface area contributed by atoms with E-state index >= 15 is 0 Å². The number of rotatable bonds is 5. The first-order chi connectivity index (χ1) is 8.68. The molecular weight excluding hydrogens is 234 g/mol. The first kappa shape index (κ1) is 16.0. The van der Waals surface area contributed by atoms with Crippen molar-refractivity contribution in [1.82, 2.24) is 5.32 Å². The standard InChI is InChI=1S/C17H29NO/c1-16(2,3)14-8-10-15(11-9-14)19-13-7-12-18-17(4,5)6/h8-11,18H,7,12-13H2,1-6H3. The first-order valence-electron chi connectivity index (χ1n) is 7.17. The van der Waals surface area contributed by atoms with E-state index in [9.17, 15) is 0 Å². The Hall–Kier alpha value is -1.02. The van der Waals surface area contributed by atoms with Crippen molar-refractivity contribution in [1.29, 1.82) is 0 Å². The third kappa shape index (κ3) is 6.63. The highest BCUT2D eigenvalue weighted by Gasteiger charge is 2.12. The van der Waals surface area contributed by atoms with Gasteiger partial charge in [-0.05, 0) is 56.8 Å². The Labute approximate surface area is 118 Å². The summed E-state index contributed by atoms with van der Waals surface area (Å²) >= 11 is 0. The third-order valence-corrected chi connectivity index (χ3v) is 2.97. The minimum Gasteiger partial charge on any atom is -0.494 e. The molecule has 0 amide bonds. The van der Waals surface area contributed by atoms with Gasteiger partial charge in [0.2, 0.25) is 0 Å². The van der Waals surface area contributed by atoms with Crippen LogP contribution in [0.5, 0.6) is 5.75 Å². The minimum atomic E-state index is 0.189. The van der Waals surface area contributed by atoms with Gasteiger partial charge in [-0.3, -0.25) is 0 Å². The summed E-state index contributed by atoms with van der Waals surface area (Å²) in [4.78, 5) is 0. The van der Waals surface area contributed by atoms with Crippen molar-refractivity contribution in [2.75, 3.05) is 13.2 Å². The van der Waals surface area contributed by atoms with Crippen LogP contribution < -0.4 is 10.1 Å². The monoisotopic (exact) mass is 263 g/mol. The lowest BCUT2D eigenvalue weighted by molar-refractivity contribution is 0.298. The van der Waals surface area contributed by atoms with Crippen LogP contribution >= 0.6 is 0 Å². The molecule has 0 radical (unpaired) electrons. The summed E-state index contributed by atoms with van der Waals surface area (Å²) in [6.07, 6.45) is 1.03. The topological polar surface area (TPSA) is 21.3 Å². The van der Waals surface area contributed by atoms with E-state index < -0.39 is 0 Å². The first-order valence-corrected chi connectivity index (χ1v) is 7.17. The Morgan fingerprint density at radius 1 is 0.947 bits per heavy atom. The van der Waals surface area contributed by atoms with Crippen molar-refractivity contribution in [3.8, 4) is 5.75 Å². The van der Waals surface area contributed by atoms with E-state index in [4.69, 9.17) is 4.74 Å².